The Morgan fingerprint density at radius 3 is 2.59 bits per heavy atom. The normalized spacial score (nSPS) is 16.1. The maximum Gasteiger partial charge on any atom is 0.223 e. The molecule has 0 aliphatic carbocycles. The molecule has 1 aliphatic rings. The lowest BCUT2D eigenvalue weighted by Crippen LogP contribution is -2.37. The summed E-state index contributed by atoms with van der Waals surface area (Å²) in [5.41, 5.74) is 2.13. The van der Waals surface area contributed by atoms with Crippen LogP contribution in [-0.4, -0.2) is 29.2 Å². The molecule has 0 N–H and O–H groups in total. The summed E-state index contributed by atoms with van der Waals surface area (Å²) in [4.78, 5) is 20.1. The number of nitrogens with zero attached hydrogens (tertiary/aromatic N) is 2. The Balaban J connectivity index is 1.67. The summed E-state index contributed by atoms with van der Waals surface area (Å²) in [6.45, 7) is 5.03. The Kier molecular flexibility index (Phi) is 6.22. The smallest absolute Gasteiger partial charge is 0.223 e. The van der Waals surface area contributed by atoms with Gasteiger partial charge in [-0.3, -0.25) is 4.79 Å². The third-order valence-electron chi connectivity index (χ3n) is 4.49. The molecule has 0 unspecified atom stereocenters. The Bertz CT molecular complexity index is 805. The van der Waals surface area contributed by atoms with E-state index in [9.17, 15) is 9.18 Å². The summed E-state index contributed by atoms with van der Waals surface area (Å²) in [5.74, 6) is 0.0693. The van der Waals surface area contributed by atoms with E-state index in [1.54, 1.807) is 18.2 Å². The molecule has 0 bridgehead atoms. The van der Waals surface area contributed by atoms with Crippen molar-refractivity contribution in [3.05, 3.63) is 71.5 Å². The lowest BCUT2D eigenvalue weighted by atomic mass is 10.0. The molecular weight excluding hydrogens is 343 g/mol. The zero-order valence-corrected chi connectivity index (χ0v) is 15.8. The summed E-state index contributed by atoms with van der Waals surface area (Å²) >= 11 is 0. The molecule has 5 heteroatoms. The third-order valence-corrected chi connectivity index (χ3v) is 4.49. The van der Waals surface area contributed by atoms with Gasteiger partial charge in [-0.15, -0.1) is 0 Å². The van der Waals surface area contributed by atoms with Crippen LogP contribution in [0.3, 0.4) is 0 Å². The van der Waals surface area contributed by atoms with Gasteiger partial charge in [0.2, 0.25) is 5.91 Å². The van der Waals surface area contributed by atoms with Crippen LogP contribution in [0.2, 0.25) is 0 Å². The van der Waals surface area contributed by atoms with Crippen molar-refractivity contribution in [2.45, 2.75) is 39.3 Å². The largest absolute Gasteiger partial charge is 0.390 e. The van der Waals surface area contributed by atoms with Gasteiger partial charge >= 0.3 is 0 Å². The van der Waals surface area contributed by atoms with E-state index in [-0.39, 0.29) is 23.7 Å². The fourth-order valence-corrected chi connectivity index (χ4v) is 3.16. The van der Waals surface area contributed by atoms with Crippen molar-refractivity contribution in [2.75, 3.05) is 6.54 Å². The molecule has 0 fully saturated rings. The van der Waals surface area contributed by atoms with Crippen molar-refractivity contribution in [3.63, 3.8) is 0 Å². The summed E-state index contributed by atoms with van der Waals surface area (Å²) < 4.78 is 14.0. The number of oxime groups is 1. The van der Waals surface area contributed by atoms with E-state index in [4.69, 9.17) is 4.84 Å². The van der Waals surface area contributed by atoms with Crippen LogP contribution in [0.15, 0.2) is 59.8 Å². The van der Waals surface area contributed by atoms with Crippen LogP contribution in [0, 0.1) is 11.7 Å². The Hall–Kier alpha value is -2.69. The summed E-state index contributed by atoms with van der Waals surface area (Å²) in [6.07, 6.45) is 0.710. The van der Waals surface area contributed by atoms with Crippen LogP contribution >= 0.6 is 0 Å². The van der Waals surface area contributed by atoms with E-state index in [2.05, 4.69) is 5.16 Å². The van der Waals surface area contributed by atoms with E-state index < -0.39 is 0 Å². The molecule has 1 amide bonds. The van der Waals surface area contributed by atoms with Gasteiger partial charge in [-0.25, -0.2) is 4.39 Å². The fourth-order valence-electron chi connectivity index (χ4n) is 3.16. The number of carbonyl (C=O) groups is 1. The van der Waals surface area contributed by atoms with Gasteiger partial charge < -0.3 is 9.74 Å². The number of hydrogen-bond donors (Lipinski definition) is 0. The average Bonchev–Trinajstić information content (AvgIpc) is 3.10. The van der Waals surface area contributed by atoms with E-state index >= 15 is 0 Å². The van der Waals surface area contributed by atoms with Crippen molar-refractivity contribution in [1.82, 2.24) is 4.90 Å². The van der Waals surface area contributed by atoms with Gasteiger partial charge in [-0.2, -0.15) is 0 Å². The van der Waals surface area contributed by atoms with E-state index in [1.165, 1.54) is 6.07 Å². The molecule has 0 aromatic heterocycles. The van der Waals surface area contributed by atoms with Gasteiger partial charge in [-0.1, -0.05) is 67.5 Å². The van der Waals surface area contributed by atoms with Gasteiger partial charge in [0.15, 0.2) is 6.10 Å². The standard InChI is InChI=1S/C22H25FN2O2/c1-16(2)12-22(26)25(14-17-8-4-3-5-9-17)15-18-13-21(24-27-18)19-10-6-7-11-20(19)23/h3-11,16,18H,12-15H2,1-2H3/t18-/m0/s1. The molecular formula is C22H25FN2O2. The summed E-state index contributed by atoms with van der Waals surface area (Å²) in [5, 5.41) is 4.07. The Labute approximate surface area is 159 Å². The van der Waals surface area contributed by atoms with Gasteiger partial charge in [0.1, 0.15) is 5.82 Å². The highest BCUT2D eigenvalue weighted by atomic mass is 19.1. The highest BCUT2D eigenvalue weighted by molar-refractivity contribution is 6.01. The molecule has 2 aromatic carbocycles. The molecule has 0 saturated heterocycles. The first-order valence-corrected chi connectivity index (χ1v) is 9.32. The molecule has 1 heterocycles. The van der Waals surface area contributed by atoms with Gasteiger partial charge in [0, 0.05) is 24.9 Å². The first-order valence-electron chi connectivity index (χ1n) is 9.32. The van der Waals surface area contributed by atoms with Crippen LogP contribution in [0.1, 0.15) is 37.8 Å². The van der Waals surface area contributed by atoms with Gasteiger partial charge in [0.05, 0.1) is 12.3 Å². The zero-order valence-electron chi connectivity index (χ0n) is 15.8. The van der Waals surface area contributed by atoms with E-state index in [0.29, 0.717) is 37.2 Å². The first-order chi connectivity index (χ1) is 13.0. The number of hydrogen-bond acceptors (Lipinski definition) is 3. The monoisotopic (exact) mass is 368 g/mol. The van der Waals surface area contributed by atoms with Crippen molar-refractivity contribution in [2.24, 2.45) is 11.1 Å². The highest BCUT2D eigenvalue weighted by Gasteiger charge is 2.28. The molecule has 3 rings (SSSR count). The maximum atomic E-state index is 14.0. The van der Waals surface area contributed by atoms with Crippen molar-refractivity contribution >= 4 is 11.6 Å². The number of carbonyl (C=O) groups excluding carboxylic acids is 1. The van der Waals surface area contributed by atoms with E-state index in [0.717, 1.165) is 5.56 Å². The predicted octanol–water partition coefficient (Wildman–Crippen LogP) is 4.39. The van der Waals surface area contributed by atoms with E-state index in [1.807, 2.05) is 49.1 Å². The van der Waals surface area contributed by atoms with Crippen LogP contribution < -0.4 is 0 Å². The third kappa shape index (κ3) is 5.16. The molecule has 142 valence electrons. The summed E-state index contributed by atoms with van der Waals surface area (Å²) in [7, 11) is 0. The summed E-state index contributed by atoms with van der Waals surface area (Å²) in [6, 6.07) is 16.4. The minimum atomic E-state index is -0.308. The Morgan fingerprint density at radius 2 is 1.89 bits per heavy atom. The van der Waals surface area contributed by atoms with Gasteiger partial charge in [-0.05, 0) is 17.5 Å². The molecule has 0 radical (unpaired) electrons. The quantitative estimate of drug-likeness (QED) is 0.727. The Morgan fingerprint density at radius 1 is 1.19 bits per heavy atom. The van der Waals surface area contributed by atoms with Crippen molar-refractivity contribution in [1.29, 1.82) is 0 Å². The average molecular weight is 368 g/mol. The fraction of sp³-hybridized carbons (Fsp3) is 0.364. The molecule has 0 saturated carbocycles. The van der Waals surface area contributed by atoms with Crippen LogP contribution in [0.25, 0.3) is 0 Å². The molecule has 27 heavy (non-hydrogen) atoms. The van der Waals surface area contributed by atoms with Crippen molar-refractivity contribution < 1.29 is 14.0 Å². The topological polar surface area (TPSA) is 41.9 Å². The minimum Gasteiger partial charge on any atom is -0.390 e. The van der Waals surface area contributed by atoms with Crippen LogP contribution in [0.5, 0.6) is 0 Å². The second-order valence-corrected chi connectivity index (χ2v) is 7.31. The van der Waals surface area contributed by atoms with Crippen molar-refractivity contribution in [3.8, 4) is 0 Å². The molecule has 1 atom stereocenters. The lowest BCUT2D eigenvalue weighted by molar-refractivity contribution is -0.134. The predicted molar refractivity (Wildman–Crippen MR) is 104 cm³/mol. The lowest BCUT2D eigenvalue weighted by Gasteiger charge is -2.26. The SMILES string of the molecule is CC(C)CC(=O)N(Cc1ccccc1)C[C@@H]1CC(c2ccccc2F)=NO1. The second kappa shape index (κ2) is 8.80. The number of rotatable bonds is 7. The maximum absolute atomic E-state index is 14.0. The molecule has 1 aliphatic heterocycles. The van der Waals surface area contributed by atoms with Gasteiger partial charge in [0.25, 0.3) is 0 Å². The highest BCUT2D eigenvalue weighted by Crippen LogP contribution is 2.21. The first kappa shape index (κ1) is 19.1. The number of amides is 1. The van der Waals surface area contributed by atoms with Crippen LogP contribution in [0.4, 0.5) is 4.39 Å². The van der Waals surface area contributed by atoms with Crippen LogP contribution in [-0.2, 0) is 16.2 Å². The molecule has 2 aromatic rings. The molecule has 4 nitrogen and oxygen atoms in total. The number of benzene rings is 2. The number of halogens is 1. The zero-order chi connectivity index (χ0) is 19.2. The molecule has 0 spiro atoms. The minimum absolute atomic E-state index is 0.0943. The second-order valence-electron chi connectivity index (χ2n) is 7.31.